The van der Waals surface area contributed by atoms with Crippen LogP contribution in [0.15, 0.2) is 36.4 Å². The number of hydrogen-bond acceptors (Lipinski definition) is 0. The van der Waals surface area contributed by atoms with Crippen molar-refractivity contribution < 1.29 is 13.2 Å². The number of rotatable bonds is 7. The molecule has 0 bridgehead atoms. The van der Waals surface area contributed by atoms with Gasteiger partial charge in [-0.25, -0.2) is 13.2 Å². The van der Waals surface area contributed by atoms with Gasteiger partial charge in [-0.3, -0.25) is 0 Å². The maximum Gasteiger partial charge on any atom is 0.194 e. The molecule has 0 amide bonds. The lowest BCUT2D eigenvalue weighted by Crippen LogP contribution is -2.26. The van der Waals surface area contributed by atoms with Crippen molar-refractivity contribution in [3.8, 4) is 11.1 Å². The Bertz CT molecular complexity index is 833. The topological polar surface area (TPSA) is 0 Å². The van der Waals surface area contributed by atoms with E-state index in [9.17, 15) is 13.2 Å². The van der Waals surface area contributed by atoms with Crippen LogP contribution in [-0.2, 0) is 6.42 Å². The van der Waals surface area contributed by atoms with E-state index in [0.29, 0.717) is 11.1 Å². The van der Waals surface area contributed by atoms with Crippen LogP contribution in [-0.4, -0.2) is 0 Å². The van der Waals surface area contributed by atoms with E-state index in [1.54, 1.807) is 0 Å². The third kappa shape index (κ3) is 5.77. The minimum Gasteiger partial charge on any atom is -0.204 e. The van der Waals surface area contributed by atoms with Crippen molar-refractivity contribution in [1.82, 2.24) is 0 Å². The molecule has 0 saturated heterocycles. The van der Waals surface area contributed by atoms with E-state index in [-0.39, 0.29) is 0 Å². The van der Waals surface area contributed by atoms with Crippen molar-refractivity contribution >= 4 is 0 Å². The summed E-state index contributed by atoms with van der Waals surface area (Å²) in [5.41, 5.74) is 2.34. The zero-order valence-corrected chi connectivity index (χ0v) is 19.4. The molecular weight excluding hydrogens is 405 g/mol. The van der Waals surface area contributed by atoms with Gasteiger partial charge in [0, 0.05) is 0 Å². The Morgan fingerprint density at radius 2 is 1.16 bits per heavy atom. The van der Waals surface area contributed by atoms with Gasteiger partial charge in [0.2, 0.25) is 0 Å². The van der Waals surface area contributed by atoms with Gasteiger partial charge in [-0.1, -0.05) is 69.7 Å². The number of aryl methyl sites for hydroxylation is 1. The van der Waals surface area contributed by atoms with E-state index in [1.807, 2.05) is 24.3 Å². The van der Waals surface area contributed by atoms with E-state index < -0.39 is 17.5 Å². The van der Waals surface area contributed by atoms with Crippen LogP contribution in [0.25, 0.3) is 11.1 Å². The molecule has 0 aliphatic heterocycles. The van der Waals surface area contributed by atoms with E-state index in [1.165, 1.54) is 76.2 Å². The molecule has 2 fully saturated rings. The molecule has 0 aromatic heterocycles. The lowest BCUT2D eigenvalue weighted by molar-refractivity contribution is 0.141. The van der Waals surface area contributed by atoms with Crippen molar-refractivity contribution in [1.29, 1.82) is 0 Å². The van der Waals surface area contributed by atoms with E-state index >= 15 is 0 Å². The van der Waals surface area contributed by atoms with Gasteiger partial charge in [-0.2, -0.15) is 0 Å². The van der Waals surface area contributed by atoms with Gasteiger partial charge in [0.25, 0.3) is 0 Å². The summed E-state index contributed by atoms with van der Waals surface area (Å²) in [6.07, 6.45) is 16.4. The fraction of sp³-hybridized carbons (Fsp3) is 0.586. The first-order chi connectivity index (χ1) is 15.5. The van der Waals surface area contributed by atoms with Gasteiger partial charge < -0.3 is 0 Å². The molecule has 3 heteroatoms. The van der Waals surface area contributed by atoms with Gasteiger partial charge in [0.1, 0.15) is 0 Å². The van der Waals surface area contributed by atoms with Gasteiger partial charge in [-0.15, -0.1) is 0 Å². The Morgan fingerprint density at radius 3 is 1.66 bits per heavy atom. The van der Waals surface area contributed by atoms with Crippen LogP contribution in [0.1, 0.15) is 83.1 Å². The van der Waals surface area contributed by atoms with Crippen molar-refractivity contribution in [2.75, 3.05) is 0 Å². The summed E-state index contributed by atoms with van der Waals surface area (Å²) in [4.78, 5) is 0. The summed E-state index contributed by atoms with van der Waals surface area (Å²) in [6, 6.07) is 9.95. The Morgan fingerprint density at radius 1 is 0.656 bits per heavy atom. The Labute approximate surface area is 191 Å². The molecule has 0 heterocycles. The molecule has 0 N–H and O–H groups in total. The van der Waals surface area contributed by atoms with Crippen molar-refractivity contribution in [2.24, 2.45) is 23.7 Å². The summed E-state index contributed by atoms with van der Waals surface area (Å²) in [5, 5.41) is 0. The maximum absolute atomic E-state index is 13.5. The molecule has 32 heavy (non-hydrogen) atoms. The molecule has 2 saturated carbocycles. The SMILES string of the molecule is CCC[C@H]1CC[C@H](C2CCC(CCc3ccc(-c4cc(F)c(F)c(F)c4)cc3)CC2)CC1. The van der Waals surface area contributed by atoms with Crippen LogP contribution in [0, 0.1) is 41.1 Å². The predicted molar refractivity (Wildman–Crippen MR) is 126 cm³/mol. The molecule has 2 aliphatic rings. The second-order valence-electron chi connectivity index (χ2n) is 10.3. The maximum atomic E-state index is 13.5. The van der Waals surface area contributed by atoms with Gasteiger partial charge >= 0.3 is 0 Å². The second kappa shape index (κ2) is 10.9. The van der Waals surface area contributed by atoms with Crippen LogP contribution in [0.3, 0.4) is 0 Å². The number of halogens is 3. The molecule has 174 valence electrons. The summed E-state index contributed by atoms with van der Waals surface area (Å²) >= 11 is 0. The number of hydrogen-bond donors (Lipinski definition) is 0. The lowest BCUT2D eigenvalue weighted by atomic mass is 9.68. The van der Waals surface area contributed by atoms with Crippen molar-refractivity contribution in [3.05, 3.63) is 59.4 Å². The third-order valence-electron chi connectivity index (χ3n) is 8.26. The quantitative estimate of drug-likeness (QED) is 0.375. The summed E-state index contributed by atoms with van der Waals surface area (Å²) in [6.45, 7) is 2.32. The molecule has 0 unspecified atom stereocenters. The normalized spacial score (nSPS) is 26.2. The van der Waals surface area contributed by atoms with Crippen molar-refractivity contribution in [3.63, 3.8) is 0 Å². The highest BCUT2D eigenvalue weighted by Gasteiger charge is 2.30. The molecule has 0 atom stereocenters. The lowest BCUT2D eigenvalue weighted by Gasteiger charge is -2.38. The molecule has 0 radical (unpaired) electrons. The van der Waals surface area contributed by atoms with E-state index in [0.717, 1.165) is 42.2 Å². The van der Waals surface area contributed by atoms with Crippen LogP contribution in [0.2, 0.25) is 0 Å². The third-order valence-corrected chi connectivity index (χ3v) is 8.26. The molecule has 2 aromatic carbocycles. The largest absolute Gasteiger partial charge is 0.204 e. The van der Waals surface area contributed by atoms with Gasteiger partial charge in [0.05, 0.1) is 0 Å². The predicted octanol–water partition coefficient (Wildman–Crippen LogP) is 9.12. The fourth-order valence-electron chi connectivity index (χ4n) is 6.26. The average Bonchev–Trinajstić information content (AvgIpc) is 2.82. The van der Waals surface area contributed by atoms with Gasteiger partial charge in [-0.05, 0) is 91.0 Å². The van der Waals surface area contributed by atoms with E-state index in [4.69, 9.17) is 0 Å². The monoisotopic (exact) mass is 442 g/mol. The zero-order chi connectivity index (χ0) is 22.5. The molecular formula is C29H37F3. The van der Waals surface area contributed by atoms with Crippen LogP contribution < -0.4 is 0 Å². The first-order valence-corrected chi connectivity index (χ1v) is 12.8. The molecule has 4 rings (SSSR count). The molecule has 2 aromatic rings. The molecule has 2 aliphatic carbocycles. The standard InChI is InChI=1S/C29H37F3/c1-2-3-20-6-12-23(13-7-20)24-14-8-21(9-15-24)4-5-22-10-16-25(17-11-22)26-18-27(30)29(32)28(31)19-26/h10-11,16-21,23-24H,2-9,12-15H2,1H3/t20-,21?,23-,24?. The van der Waals surface area contributed by atoms with Crippen molar-refractivity contribution in [2.45, 2.75) is 84.0 Å². The first-order valence-electron chi connectivity index (χ1n) is 12.8. The smallest absolute Gasteiger partial charge is 0.194 e. The molecule has 0 nitrogen and oxygen atoms in total. The Balaban J connectivity index is 1.22. The van der Waals surface area contributed by atoms with Crippen LogP contribution in [0.4, 0.5) is 13.2 Å². The fourth-order valence-corrected chi connectivity index (χ4v) is 6.26. The average molecular weight is 443 g/mol. The van der Waals surface area contributed by atoms with Crippen LogP contribution in [0.5, 0.6) is 0 Å². The Kier molecular flexibility index (Phi) is 7.97. The minimum atomic E-state index is -1.41. The number of benzene rings is 2. The summed E-state index contributed by atoms with van der Waals surface area (Å²) in [7, 11) is 0. The minimum absolute atomic E-state index is 0.370. The molecule has 0 spiro atoms. The highest BCUT2D eigenvalue weighted by Crippen LogP contribution is 2.43. The summed E-state index contributed by atoms with van der Waals surface area (Å²) < 4.78 is 40.2. The zero-order valence-electron chi connectivity index (χ0n) is 19.4. The highest BCUT2D eigenvalue weighted by atomic mass is 19.2. The van der Waals surface area contributed by atoms with Gasteiger partial charge in [0.15, 0.2) is 17.5 Å². The van der Waals surface area contributed by atoms with E-state index in [2.05, 4.69) is 6.92 Å². The van der Waals surface area contributed by atoms with Crippen LogP contribution >= 0.6 is 0 Å². The highest BCUT2D eigenvalue weighted by molar-refractivity contribution is 5.63. The summed E-state index contributed by atoms with van der Waals surface area (Å²) in [5.74, 6) is 0.0664. The first kappa shape index (κ1) is 23.4. The Hall–Kier alpha value is -1.77. The second-order valence-corrected chi connectivity index (χ2v) is 10.3.